The summed E-state index contributed by atoms with van der Waals surface area (Å²) in [5.41, 5.74) is 0. The molecule has 0 saturated heterocycles. The molecule has 0 spiro atoms. The van der Waals surface area contributed by atoms with E-state index in [0.29, 0.717) is 3.74 Å². The molecule has 12 heavy (non-hydrogen) atoms. The van der Waals surface area contributed by atoms with Gasteiger partial charge in [-0.25, -0.2) is 0 Å². The molecule has 0 N–H and O–H groups in total. The van der Waals surface area contributed by atoms with Crippen molar-refractivity contribution in [2.75, 3.05) is 0 Å². The molecule has 0 aromatic rings. The van der Waals surface area contributed by atoms with Crippen LogP contribution in [0.2, 0.25) is 0 Å². The van der Waals surface area contributed by atoms with Crippen LogP contribution in [0.1, 0.15) is 32.1 Å². The van der Waals surface area contributed by atoms with Gasteiger partial charge in [0.05, 0.1) is 6.97 Å². The van der Waals surface area contributed by atoms with E-state index in [-0.39, 0.29) is 3.23 Å². The van der Waals surface area contributed by atoms with Crippen LogP contribution >= 0.6 is 63.7 Å². The highest BCUT2D eigenvalue weighted by molar-refractivity contribution is 9.25. The molecule has 0 heterocycles. The van der Waals surface area contributed by atoms with E-state index in [0.717, 1.165) is 5.92 Å². The van der Waals surface area contributed by atoms with Gasteiger partial charge >= 0.3 is 0 Å². The Morgan fingerprint density at radius 2 is 1.92 bits per heavy atom. The summed E-state index contributed by atoms with van der Waals surface area (Å²) in [6.07, 6.45) is 6.45. The second-order valence-corrected chi connectivity index (χ2v) is 10.7. The molecule has 1 aliphatic rings. The van der Waals surface area contributed by atoms with Gasteiger partial charge in [0.2, 0.25) is 0 Å². The lowest BCUT2D eigenvalue weighted by molar-refractivity contribution is 0.349. The largest absolute Gasteiger partial charge is 0.0834 e. The maximum absolute atomic E-state index is 3.76. The number of hydrogen-bond donors (Lipinski definition) is 0. The van der Waals surface area contributed by atoms with Gasteiger partial charge in [-0.1, -0.05) is 76.6 Å². The fourth-order valence-corrected chi connectivity index (χ4v) is 3.97. The van der Waals surface area contributed by atoms with E-state index in [9.17, 15) is 0 Å². The van der Waals surface area contributed by atoms with Crippen molar-refractivity contribution in [3.8, 4) is 0 Å². The summed E-state index contributed by atoms with van der Waals surface area (Å²) in [6, 6.07) is 0. The molecule has 4 heteroatoms. The number of halogens is 4. The van der Waals surface area contributed by atoms with Crippen LogP contribution in [-0.4, -0.2) is 6.97 Å². The van der Waals surface area contributed by atoms with Gasteiger partial charge in [0.25, 0.3) is 0 Å². The Morgan fingerprint density at radius 1 is 1.25 bits per heavy atom. The van der Waals surface area contributed by atoms with Crippen LogP contribution in [0, 0.1) is 5.92 Å². The zero-order valence-electron chi connectivity index (χ0n) is 6.70. The summed E-state index contributed by atoms with van der Waals surface area (Å²) in [5.74, 6) is 0.731. The number of hydrogen-bond acceptors (Lipinski definition) is 0. The first-order chi connectivity index (χ1) is 5.52. The fraction of sp³-hybridized carbons (Fsp3) is 1.00. The van der Waals surface area contributed by atoms with Crippen LogP contribution in [0.25, 0.3) is 0 Å². The molecule has 72 valence electrons. The molecular weight excluding hydrogens is 416 g/mol. The van der Waals surface area contributed by atoms with Crippen LogP contribution in [-0.2, 0) is 0 Å². The summed E-state index contributed by atoms with van der Waals surface area (Å²) in [4.78, 5) is 0. The zero-order chi connectivity index (χ0) is 9.19. The first-order valence-electron chi connectivity index (χ1n) is 4.18. The summed E-state index contributed by atoms with van der Waals surface area (Å²) < 4.78 is 0.639. The molecule has 1 unspecified atom stereocenters. The van der Waals surface area contributed by atoms with Gasteiger partial charge in [0.1, 0.15) is 0 Å². The highest BCUT2D eigenvalue weighted by Gasteiger charge is 2.36. The molecule has 1 saturated carbocycles. The van der Waals surface area contributed by atoms with Crippen LogP contribution in [0.4, 0.5) is 0 Å². The van der Waals surface area contributed by atoms with Crippen molar-refractivity contribution >= 4 is 63.7 Å². The van der Waals surface area contributed by atoms with Crippen molar-refractivity contribution < 1.29 is 0 Å². The molecule has 1 rings (SSSR count). The molecule has 0 bridgehead atoms. The molecule has 0 amide bonds. The average molecular weight is 428 g/mol. The maximum Gasteiger partial charge on any atom is 0.0834 e. The monoisotopic (exact) mass is 424 g/mol. The Morgan fingerprint density at radius 3 is 2.42 bits per heavy atom. The highest BCUT2D eigenvalue weighted by atomic mass is 79.9. The van der Waals surface area contributed by atoms with Gasteiger partial charge in [0, 0.05) is 0 Å². The predicted octanol–water partition coefficient (Wildman–Crippen LogP) is 5.17. The van der Waals surface area contributed by atoms with Crippen molar-refractivity contribution in [1.82, 2.24) is 0 Å². The summed E-state index contributed by atoms with van der Waals surface area (Å²) in [5, 5.41) is 0. The molecule has 1 aliphatic carbocycles. The average Bonchev–Trinajstić information content (AvgIpc) is 1.92. The summed E-state index contributed by atoms with van der Waals surface area (Å²) in [7, 11) is 0. The third-order valence-electron chi connectivity index (χ3n) is 2.37. The zero-order valence-corrected chi connectivity index (χ0v) is 13.0. The minimum Gasteiger partial charge on any atom is -0.0765 e. The minimum absolute atomic E-state index is 0.192. The lowest BCUT2D eigenvalue weighted by Crippen LogP contribution is -2.29. The van der Waals surface area contributed by atoms with Gasteiger partial charge in [-0.2, -0.15) is 0 Å². The van der Waals surface area contributed by atoms with Gasteiger partial charge in [-0.15, -0.1) is 0 Å². The third-order valence-corrected chi connectivity index (χ3v) is 5.21. The van der Waals surface area contributed by atoms with E-state index >= 15 is 0 Å². The Hall–Kier alpha value is 1.92. The molecule has 1 atom stereocenters. The van der Waals surface area contributed by atoms with Crippen molar-refractivity contribution in [1.29, 1.82) is 0 Å². The van der Waals surface area contributed by atoms with E-state index in [1.54, 1.807) is 0 Å². The van der Waals surface area contributed by atoms with Crippen molar-refractivity contribution in [2.45, 2.75) is 39.1 Å². The summed E-state index contributed by atoms with van der Waals surface area (Å²) in [6.45, 7) is 0. The molecule has 0 aromatic carbocycles. The van der Waals surface area contributed by atoms with Crippen LogP contribution in [0.15, 0.2) is 0 Å². The second-order valence-electron chi connectivity index (χ2n) is 3.33. The number of rotatable bonds is 2. The van der Waals surface area contributed by atoms with Crippen molar-refractivity contribution in [2.24, 2.45) is 5.92 Å². The molecule has 0 radical (unpaired) electrons. The Balaban J connectivity index is 2.48. The first-order valence-corrected chi connectivity index (χ1v) is 7.60. The Labute approximate surface area is 108 Å². The third kappa shape index (κ3) is 3.58. The molecular formula is C8H12Br4. The minimum atomic E-state index is 0.192. The molecule has 1 fully saturated rings. The van der Waals surface area contributed by atoms with Crippen LogP contribution < -0.4 is 0 Å². The Bertz CT molecular complexity index is 144. The topological polar surface area (TPSA) is 0 Å². The van der Waals surface area contributed by atoms with Gasteiger partial charge < -0.3 is 0 Å². The lowest BCUT2D eigenvalue weighted by Gasteiger charge is -2.35. The molecule has 0 aromatic heterocycles. The van der Waals surface area contributed by atoms with E-state index in [1.807, 2.05) is 0 Å². The maximum atomic E-state index is 3.76. The lowest BCUT2D eigenvalue weighted by atomic mass is 9.87. The van der Waals surface area contributed by atoms with Crippen LogP contribution in [0.3, 0.4) is 0 Å². The second kappa shape index (κ2) is 5.13. The van der Waals surface area contributed by atoms with E-state index in [2.05, 4.69) is 63.7 Å². The van der Waals surface area contributed by atoms with E-state index < -0.39 is 0 Å². The summed E-state index contributed by atoms with van der Waals surface area (Å²) >= 11 is 14.6. The van der Waals surface area contributed by atoms with Gasteiger partial charge in [0.15, 0.2) is 0 Å². The SMILES string of the molecule is BrC(Br)CC1CCCCC1(Br)Br. The van der Waals surface area contributed by atoms with Crippen molar-refractivity contribution in [3.63, 3.8) is 0 Å². The smallest absolute Gasteiger partial charge is 0.0765 e. The quantitative estimate of drug-likeness (QED) is 0.533. The fourth-order valence-electron chi connectivity index (χ4n) is 1.67. The molecule has 0 aliphatic heterocycles. The normalized spacial score (nSPS) is 29.2. The van der Waals surface area contributed by atoms with Gasteiger partial charge in [-0.3, -0.25) is 0 Å². The van der Waals surface area contributed by atoms with E-state index in [1.165, 1.54) is 32.1 Å². The van der Waals surface area contributed by atoms with E-state index in [4.69, 9.17) is 0 Å². The van der Waals surface area contributed by atoms with Gasteiger partial charge in [-0.05, 0) is 25.2 Å². The van der Waals surface area contributed by atoms with Crippen LogP contribution in [0.5, 0.6) is 0 Å². The predicted molar refractivity (Wildman–Crippen MR) is 68.8 cm³/mol. The molecule has 0 nitrogen and oxygen atoms in total. The van der Waals surface area contributed by atoms with Crippen molar-refractivity contribution in [3.05, 3.63) is 0 Å². The Kier molecular flexibility index (Phi) is 5.12. The standard InChI is InChI=1S/C8H12Br4/c9-7(10)5-6-3-1-2-4-8(6,11)12/h6-7H,1-5H2. The number of alkyl halides is 4. The first kappa shape index (κ1) is 12.0. The highest BCUT2D eigenvalue weighted by Crippen LogP contribution is 2.48.